The maximum Gasteiger partial charge on any atom is 0.293 e. The molecule has 4 heteroatoms. The van der Waals surface area contributed by atoms with E-state index in [9.17, 15) is 9.90 Å². The van der Waals surface area contributed by atoms with Gasteiger partial charge >= 0.3 is 0 Å². The number of aromatic hydroxyl groups is 1. The number of rotatable bonds is 1. The van der Waals surface area contributed by atoms with E-state index in [1.54, 1.807) is 25.2 Å². The van der Waals surface area contributed by atoms with E-state index in [2.05, 4.69) is 0 Å². The number of fused-ring (bicyclic) bond motifs is 1. The molecule has 100 valence electrons. The molecule has 1 aromatic heterocycles. The minimum Gasteiger partial charge on any atom is -0.503 e. The molecule has 0 bridgehead atoms. The summed E-state index contributed by atoms with van der Waals surface area (Å²) in [5.41, 5.74) is 1.62. The van der Waals surface area contributed by atoms with Crippen molar-refractivity contribution < 1.29 is 5.11 Å². The lowest BCUT2D eigenvalue weighted by atomic mass is 10.00. The molecule has 20 heavy (non-hydrogen) atoms. The van der Waals surface area contributed by atoms with Crippen LogP contribution in [-0.4, -0.2) is 9.67 Å². The lowest BCUT2D eigenvalue weighted by Gasteiger charge is -2.13. The Morgan fingerprint density at radius 2 is 1.80 bits per heavy atom. The van der Waals surface area contributed by atoms with Gasteiger partial charge in [0, 0.05) is 23.0 Å². The number of halogens is 1. The Morgan fingerprint density at radius 1 is 1.10 bits per heavy atom. The van der Waals surface area contributed by atoms with Gasteiger partial charge in [0.25, 0.3) is 5.56 Å². The second-order valence-corrected chi connectivity index (χ2v) is 5.05. The van der Waals surface area contributed by atoms with E-state index in [1.165, 1.54) is 4.57 Å². The van der Waals surface area contributed by atoms with E-state index < -0.39 is 5.56 Å². The molecule has 0 aliphatic carbocycles. The predicted molar refractivity (Wildman–Crippen MR) is 81.3 cm³/mol. The first-order chi connectivity index (χ1) is 9.59. The van der Waals surface area contributed by atoms with E-state index in [0.717, 1.165) is 16.5 Å². The van der Waals surface area contributed by atoms with Crippen LogP contribution >= 0.6 is 11.6 Å². The molecule has 3 rings (SSSR count). The van der Waals surface area contributed by atoms with Gasteiger partial charge in [-0.05, 0) is 23.8 Å². The third-order valence-corrected chi connectivity index (χ3v) is 3.63. The highest BCUT2D eigenvalue weighted by molar-refractivity contribution is 6.31. The van der Waals surface area contributed by atoms with Crippen molar-refractivity contribution in [2.45, 2.75) is 0 Å². The van der Waals surface area contributed by atoms with Crippen molar-refractivity contribution >= 4 is 22.5 Å². The maximum atomic E-state index is 12.1. The van der Waals surface area contributed by atoms with Crippen LogP contribution < -0.4 is 5.56 Å². The number of hydrogen-bond acceptors (Lipinski definition) is 2. The van der Waals surface area contributed by atoms with E-state index in [-0.39, 0.29) is 5.75 Å². The maximum absolute atomic E-state index is 12.1. The van der Waals surface area contributed by atoms with Crippen molar-refractivity contribution in [3.8, 4) is 16.9 Å². The van der Waals surface area contributed by atoms with E-state index in [1.807, 2.05) is 30.3 Å². The predicted octanol–water partition coefficient (Wildman–Crippen LogP) is 3.56. The van der Waals surface area contributed by atoms with E-state index in [0.29, 0.717) is 10.6 Å². The first-order valence-electron chi connectivity index (χ1n) is 6.16. The van der Waals surface area contributed by atoms with E-state index in [4.69, 9.17) is 11.6 Å². The Labute approximate surface area is 120 Å². The molecule has 0 aliphatic rings. The summed E-state index contributed by atoms with van der Waals surface area (Å²) in [6.45, 7) is 0. The Bertz CT molecular complexity index is 854. The monoisotopic (exact) mass is 285 g/mol. The van der Waals surface area contributed by atoms with Gasteiger partial charge in [0.05, 0.1) is 5.52 Å². The van der Waals surface area contributed by atoms with E-state index >= 15 is 0 Å². The fraction of sp³-hybridized carbons (Fsp3) is 0.0625. The topological polar surface area (TPSA) is 42.2 Å². The van der Waals surface area contributed by atoms with Gasteiger partial charge < -0.3 is 9.67 Å². The van der Waals surface area contributed by atoms with Crippen molar-refractivity contribution in [1.82, 2.24) is 4.57 Å². The smallest absolute Gasteiger partial charge is 0.293 e. The van der Waals surface area contributed by atoms with Crippen LogP contribution in [0.1, 0.15) is 0 Å². The Morgan fingerprint density at radius 3 is 2.50 bits per heavy atom. The minimum absolute atomic E-state index is 0.256. The molecule has 0 amide bonds. The lowest BCUT2D eigenvalue weighted by molar-refractivity contribution is 0.465. The standard InChI is InChI=1S/C16H12ClNO2/c1-18-13-8-7-11(17)9-12(13)14(15(19)16(18)20)10-5-3-2-4-6-10/h2-9,19H,1H3. The molecule has 0 atom stereocenters. The summed E-state index contributed by atoms with van der Waals surface area (Å²) in [5.74, 6) is -0.256. The van der Waals surface area contributed by atoms with Crippen molar-refractivity contribution in [3.05, 3.63) is 63.9 Å². The molecule has 0 radical (unpaired) electrons. The summed E-state index contributed by atoms with van der Waals surface area (Å²) in [6, 6.07) is 14.6. The summed E-state index contributed by atoms with van der Waals surface area (Å²) >= 11 is 6.05. The second kappa shape index (κ2) is 4.69. The fourth-order valence-electron chi connectivity index (χ4n) is 2.40. The number of pyridine rings is 1. The summed E-state index contributed by atoms with van der Waals surface area (Å²) in [5, 5.41) is 11.6. The highest BCUT2D eigenvalue weighted by Gasteiger charge is 2.16. The fourth-order valence-corrected chi connectivity index (χ4v) is 2.57. The average molecular weight is 286 g/mol. The molecule has 0 saturated carbocycles. The third kappa shape index (κ3) is 1.87. The molecule has 2 aromatic carbocycles. The first-order valence-corrected chi connectivity index (χ1v) is 6.54. The molecule has 0 spiro atoms. The van der Waals surface area contributed by atoms with Crippen molar-refractivity contribution in [2.24, 2.45) is 7.05 Å². The molecule has 3 nitrogen and oxygen atoms in total. The Kier molecular flexibility index (Phi) is 2.99. The molecule has 0 aliphatic heterocycles. The molecule has 0 unspecified atom stereocenters. The van der Waals surface area contributed by atoms with Gasteiger partial charge in [-0.1, -0.05) is 41.9 Å². The zero-order chi connectivity index (χ0) is 14.3. The van der Waals surface area contributed by atoms with Crippen LogP contribution in [0.4, 0.5) is 0 Å². The van der Waals surface area contributed by atoms with Gasteiger partial charge in [-0.2, -0.15) is 0 Å². The normalized spacial score (nSPS) is 10.9. The summed E-state index contributed by atoms with van der Waals surface area (Å²) in [6.07, 6.45) is 0. The zero-order valence-electron chi connectivity index (χ0n) is 10.8. The van der Waals surface area contributed by atoms with Crippen molar-refractivity contribution in [2.75, 3.05) is 0 Å². The van der Waals surface area contributed by atoms with Gasteiger partial charge in [0.1, 0.15) is 0 Å². The number of nitrogens with zero attached hydrogens (tertiary/aromatic N) is 1. The number of benzene rings is 2. The van der Waals surface area contributed by atoms with Gasteiger partial charge in [0.15, 0.2) is 5.75 Å². The van der Waals surface area contributed by atoms with Gasteiger partial charge in [-0.15, -0.1) is 0 Å². The van der Waals surface area contributed by atoms with Crippen LogP contribution in [0.2, 0.25) is 5.02 Å². The zero-order valence-corrected chi connectivity index (χ0v) is 11.6. The van der Waals surface area contributed by atoms with Crippen molar-refractivity contribution in [3.63, 3.8) is 0 Å². The van der Waals surface area contributed by atoms with Gasteiger partial charge in [0.2, 0.25) is 0 Å². The largest absolute Gasteiger partial charge is 0.503 e. The number of hydrogen-bond donors (Lipinski definition) is 1. The highest BCUT2D eigenvalue weighted by atomic mass is 35.5. The van der Waals surface area contributed by atoms with Crippen LogP contribution in [0.15, 0.2) is 53.3 Å². The molecule has 0 fully saturated rings. The summed E-state index contributed by atoms with van der Waals surface area (Å²) < 4.78 is 1.42. The van der Waals surface area contributed by atoms with Crippen LogP contribution in [-0.2, 0) is 7.05 Å². The molecule has 1 heterocycles. The average Bonchev–Trinajstić information content (AvgIpc) is 2.46. The SMILES string of the molecule is Cn1c(=O)c(O)c(-c2ccccc2)c2cc(Cl)ccc21. The second-order valence-electron chi connectivity index (χ2n) is 4.62. The van der Waals surface area contributed by atoms with Crippen LogP contribution in [0.3, 0.4) is 0 Å². The molecular weight excluding hydrogens is 274 g/mol. The first kappa shape index (κ1) is 12.8. The lowest BCUT2D eigenvalue weighted by Crippen LogP contribution is -2.17. The van der Waals surface area contributed by atoms with Crippen LogP contribution in [0.5, 0.6) is 5.75 Å². The van der Waals surface area contributed by atoms with Crippen LogP contribution in [0, 0.1) is 0 Å². The summed E-state index contributed by atoms with van der Waals surface area (Å²) in [4.78, 5) is 12.1. The Hall–Kier alpha value is -2.26. The summed E-state index contributed by atoms with van der Waals surface area (Å²) in [7, 11) is 1.63. The Balaban J connectivity index is 2.53. The number of aromatic nitrogens is 1. The molecule has 0 saturated heterocycles. The van der Waals surface area contributed by atoms with Gasteiger partial charge in [-0.3, -0.25) is 4.79 Å². The molecule has 1 N–H and O–H groups in total. The quantitative estimate of drug-likeness (QED) is 0.743. The highest BCUT2D eigenvalue weighted by Crippen LogP contribution is 2.34. The minimum atomic E-state index is -0.418. The van der Waals surface area contributed by atoms with Gasteiger partial charge in [-0.25, -0.2) is 0 Å². The van der Waals surface area contributed by atoms with Crippen molar-refractivity contribution in [1.29, 1.82) is 0 Å². The number of aryl methyl sites for hydroxylation is 1. The third-order valence-electron chi connectivity index (χ3n) is 3.40. The van der Waals surface area contributed by atoms with Crippen LogP contribution in [0.25, 0.3) is 22.0 Å². The molecule has 3 aromatic rings. The molecular formula is C16H12ClNO2.